The summed E-state index contributed by atoms with van der Waals surface area (Å²) in [6, 6.07) is 13.6. The fraction of sp³-hybridized carbons (Fsp3) is 0.391. The lowest BCUT2D eigenvalue weighted by molar-refractivity contribution is -0.128. The van der Waals surface area contributed by atoms with Gasteiger partial charge in [-0.1, -0.05) is 23.7 Å². The zero-order valence-electron chi connectivity index (χ0n) is 17.7. The Morgan fingerprint density at radius 2 is 1.78 bits per heavy atom. The van der Waals surface area contributed by atoms with E-state index in [-0.39, 0.29) is 22.6 Å². The molecule has 170 valence electrons. The second-order valence-electron chi connectivity index (χ2n) is 8.24. The molecule has 4 rings (SSSR count). The van der Waals surface area contributed by atoms with Gasteiger partial charge >= 0.3 is 0 Å². The maximum absolute atomic E-state index is 12.8. The predicted octanol–water partition coefficient (Wildman–Crippen LogP) is 3.50. The van der Waals surface area contributed by atoms with Crippen LogP contribution >= 0.6 is 11.6 Å². The number of likely N-dealkylation sites (tertiary alicyclic amines) is 1. The van der Waals surface area contributed by atoms with Gasteiger partial charge in [-0.3, -0.25) is 9.59 Å². The van der Waals surface area contributed by atoms with Crippen molar-refractivity contribution in [3.8, 4) is 0 Å². The Bertz CT molecular complexity index is 1100. The monoisotopic (exact) mass is 475 g/mol. The summed E-state index contributed by atoms with van der Waals surface area (Å²) in [5, 5.41) is 3.44. The summed E-state index contributed by atoms with van der Waals surface area (Å²) < 4.78 is 27.1. The van der Waals surface area contributed by atoms with Gasteiger partial charge in [-0.05, 0) is 61.2 Å². The van der Waals surface area contributed by atoms with Crippen molar-refractivity contribution in [2.24, 2.45) is 5.92 Å². The number of benzene rings is 2. The Morgan fingerprint density at radius 3 is 2.44 bits per heavy atom. The number of hydrogen-bond donors (Lipinski definition) is 1. The van der Waals surface area contributed by atoms with Crippen LogP contribution in [0.5, 0.6) is 0 Å². The third-order valence-corrected chi connectivity index (χ3v) is 8.18. The highest BCUT2D eigenvalue weighted by Gasteiger charge is 2.32. The minimum absolute atomic E-state index is 0.108. The summed E-state index contributed by atoms with van der Waals surface area (Å²) in [5.41, 5.74) is 1.66. The minimum Gasteiger partial charge on any atom is -0.338 e. The summed E-state index contributed by atoms with van der Waals surface area (Å²) in [6.45, 7) is 1.90. The van der Waals surface area contributed by atoms with Gasteiger partial charge in [-0.15, -0.1) is 0 Å². The second kappa shape index (κ2) is 9.60. The van der Waals surface area contributed by atoms with Crippen molar-refractivity contribution in [2.45, 2.75) is 37.1 Å². The highest BCUT2D eigenvalue weighted by Crippen LogP contribution is 2.26. The second-order valence-corrected chi connectivity index (χ2v) is 10.6. The number of halogens is 1. The summed E-state index contributed by atoms with van der Waals surface area (Å²) in [6.07, 6.45) is 2.41. The third-order valence-electron chi connectivity index (χ3n) is 6.02. The molecule has 2 amide bonds. The topological polar surface area (TPSA) is 86.8 Å². The molecule has 7 nitrogen and oxygen atoms in total. The molecule has 0 radical (unpaired) electrons. The zero-order valence-corrected chi connectivity index (χ0v) is 19.2. The Kier molecular flexibility index (Phi) is 6.83. The van der Waals surface area contributed by atoms with Crippen LogP contribution in [0, 0.1) is 5.92 Å². The van der Waals surface area contributed by atoms with Crippen LogP contribution in [0.4, 0.5) is 5.69 Å². The number of carbonyl (C=O) groups excluding carboxylic acids is 2. The quantitative estimate of drug-likeness (QED) is 0.692. The molecule has 0 unspecified atom stereocenters. The van der Waals surface area contributed by atoms with E-state index in [0.29, 0.717) is 49.6 Å². The minimum atomic E-state index is -3.60. The van der Waals surface area contributed by atoms with Crippen LogP contribution in [0.15, 0.2) is 53.4 Å². The number of sulfonamides is 1. The van der Waals surface area contributed by atoms with E-state index < -0.39 is 10.0 Å². The highest BCUT2D eigenvalue weighted by atomic mass is 35.5. The Balaban J connectivity index is 1.33. The normalized spacial score (nSPS) is 18.2. The van der Waals surface area contributed by atoms with E-state index in [1.165, 1.54) is 16.4 Å². The smallest absolute Gasteiger partial charge is 0.243 e. The number of rotatable bonds is 6. The maximum Gasteiger partial charge on any atom is 0.243 e. The molecule has 2 fully saturated rings. The van der Waals surface area contributed by atoms with Gasteiger partial charge in [0.25, 0.3) is 0 Å². The van der Waals surface area contributed by atoms with Crippen molar-refractivity contribution in [2.75, 3.05) is 25.0 Å². The molecule has 2 aliphatic heterocycles. The lowest BCUT2D eigenvalue weighted by Crippen LogP contribution is -2.41. The molecule has 0 spiro atoms. The van der Waals surface area contributed by atoms with E-state index in [2.05, 4.69) is 5.32 Å². The van der Waals surface area contributed by atoms with Gasteiger partial charge in [-0.2, -0.15) is 4.31 Å². The molecule has 2 aromatic rings. The van der Waals surface area contributed by atoms with Crippen LogP contribution in [0.25, 0.3) is 0 Å². The highest BCUT2D eigenvalue weighted by molar-refractivity contribution is 7.89. The summed E-state index contributed by atoms with van der Waals surface area (Å²) in [7, 11) is -3.60. The first-order chi connectivity index (χ1) is 15.3. The van der Waals surface area contributed by atoms with Gasteiger partial charge in [-0.25, -0.2) is 8.42 Å². The predicted molar refractivity (Wildman–Crippen MR) is 123 cm³/mol. The SMILES string of the molecule is O=C(Nc1cccc(CN2CCCC2=O)c1)C1CCN(S(=O)(=O)c2ccc(Cl)cc2)CC1. The van der Waals surface area contributed by atoms with Crippen molar-refractivity contribution in [1.82, 2.24) is 9.21 Å². The van der Waals surface area contributed by atoms with E-state index in [0.717, 1.165) is 18.5 Å². The first kappa shape index (κ1) is 22.8. The fourth-order valence-electron chi connectivity index (χ4n) is 4.20. The van der Waals surface area contributed by atoms with E-state index in [9.17, 15) is 18.0 Å². The Morgan fingerprint density at radius 1 is 1.06 bits per heavy atom. The molecule has 32 heavy (non-hydrogen) atoms. The molecule has 2 heterocycles. The molecule has 1 N–H and O–H groups in total. The van der Waals surface area contributed by atoms with Crippen molar-refractivity contribution < 1.29 is 18.0 Å². The van der Waals surface area contributed by atoms with E-state index in [1.807, 2.05) is 29.2 Å². The van der Waals surface area contributed by atoms with Crippen molar-refractivity contribution in [3.05, 3.63) is 59.1 Å². The molecule has 0 bridgehead atoms. The fourth-order valence-corrected chi connectivity index (χ4v) is 5.79. The van der Waals surface area contributed by atoms with Crippen LogP contribution in [-0.4, -0.2) is 49.1 Å². The molecule has 0 atom stereocenters. The van der Waals surface area contributed by atoms with Gasteiger partial charge in [0.1, 0.15) is 0 Å². The molecular weight excluding hydrogens is 450 g/mol. The molecule has 2 aromatic carbocycles. The maximum atomic E-state index is 12.8. The van der Waals surface area contributed by atoms with Gasteiger partial charge in [0.05, 0.1) is 4.90 Å². The summed E-state index contributed by atoms with van der Waals surface area (Å²) in [5.74, 6) is -0.196. The van der Waals surface area contributed by atoms with Crippen LogP contribution in [0.2, 0.25) is 5.02 Å². The Hall–Kier alpha value is -2.42. The van der Waals surface area contributed by atoms with Crippen LogP contribution in [0.1, 0.15) is 31.2 Å². The van der Waals surface area contributed by atoms with Gasteiger partial charge in [0.2, 0.25) is 21.8 Å². The van der Waals surface area contributed by atoms with Gasteiger partial charge < -0.3 is 10.2 Å². The molecule has 2 aliphatic rings. The number of carbonyl (C=O) groups is 2. The van der Waals surface area contributed by atoms with Crippen LogP contribution < -0.4 is 5.32 Å². The van der Waals surface area contributed by atoms with Gasteiger partial charge in [0.15, 0.2) is 0 Å². The number of anilines is 1. The van der Waals surface area contributed by atoms with E-state index >= 15 is 0 Å². The average Bonchev–Trinajstić information content (AvgIpc) is 3.18. The summed E-state index contributed by atoms with van der Waals surface area (Å²) >= 11 is 5.86. The first-order valence-corrected chi connectivity index (χ1v) is 12.6. The average molecular weight is 476 g/mol. The van der Waals surface area contributed by atoms with E-state index in [4.69, 9.17) is 11.6 Å². The number of nitrogens with one attached hydrogen (secondary N) is 1. The Labute approximate surface area is 193 Å². The van der Waals surface area contributed by atoms with Crippen molar-refractivity contribution in [1.29, 1.82) is 0 Å². The lowest BCUT2D eigenvalue weighted by Gasteiger charge is -2.30. The third kappa shape index (κ3) is 5.14. The lowest BCUT2D eigenvalue weighted by atomic mass is 9.97. The largest absolute Gasteiger partial charge is 0.338 e. The molecule has 2 saturated heterocycles. The molecule has 0 saturated carbocycles. The molecular formula is C23H26ClN3O4S. The standard InChI is InChI=1S/C23H26ClN3O4S/c24-19-6-8-21(9-7-19)32(30,31)27-13-10-18(11-14-27)23(29)25-20-4-1-3-17(15-20)16-26-12-2-5-22(26)28/h1,3-4,6-9,15,18H,2,5,10-14,16H2,(H,25,29). The molecule has 9 heteroatoms. The zero-order chi connectivity index (χ0) is 22.7. The molecule has 0 aromatic heterocycles. The van der Waals surface area contributed by atoms with E-state index in [1.54, 1.807) is 12.1 Å². The number of hydrogen-bond acceptors (Lipinski definition) is 4. The number of nitrogens with zero attached hydrogens (tertiary/aromatic N) is 2. The molecule has 0 aliphatic carbocycles. The summed E-state index contributed by atoms with van der Waals surface area (Å²) in [4.78, 5) is 26.7. The first-order valence-electron chi connectivity index (χ1n) is 10.8. The number of amides is 2. The van der Waals surface area contributed by atoms with Crippen molar-refractivity contribution >= 4 is 39.1 Å². The van der Waals surface area contributed by atoms with Gasteiger partial charge in [0, 0.05) is 49.2 Å². The van der Waals surface area contributed by atoms with Crippen LogP contribution in [-0.2, 0) is 26.2 Å². The van der Waals surface area contributed by atoms with Crippen molar-refractivity contribution in [3.63, 3.8) is 0 Å². The van der Waals surface area contributed by atoms with Crippen LogP contribution in [0.3, 0.4) is 0 Å². The number of piperidine rings is 1.